The lowest BCUT2D eigenvalue weighted by Gasteiger charge is -2.01. The van der Waals surface area contributed by atoms with Crippen molar-refractivity contribution >= 4 is 22.8 Å². The topological polar surface area (TPSA) is 32.9 Å². The Balaban J connectivity index is 1.98. The van der Waals surface area contributed by atoms with Crippen LogP contribution in [-0.4, -0.2) is 10.8 Å². The Kier molecular flexibility index (Phi) is 3.21. The molecular formula is C18H15NO. The standard InChI is InChI=1S/C18H15NO/c1-13(18(20)14-7-3-2-4-8-14)11-15-12-19-17-10-6-5-9-16(15)17/h2-12,19H,1H3. The van der Waals surface area contributed by atoms with E-state index in [4.69, 9.17) is 0 Å². The van der Waals surface area contributed by atoms with Crippen LogP contribution in [0.1, 0.15) is 22.8 Å². The second-order valence-corrected chi connectivity index (χ2v) is 4.81. The van der Waals surface area contributed by atoms with Gasteiger partial charge in [0.25, 0.3) is 0 Å². The summed E-state index contributed by atoms with van der Waals surface area (Å²) in [5, 5.41) is 1.13. The first kappa shape index (κ1) is 12.4. The van der Waals surface area contributed by atoms with Crippen LogP contribution in [0.2, 0.25) is 0 Å². The number of allylic oxidation sites excluding steroid dienone is 1. The van der Waals surface area contributed by atoms with Crippen molar-refractivity contribution in [2.45, 2.75) is 6.92 Å². The van der Waals surface area contributed by atoms with Crippen LogP contribution in [0.25, 0.3) is 17.0 Å². The van der Waals surface area contributed by atoms with Gasteiger partial charge < -0.3 is 4.98 Å². The quantitative estimate of drug-likeness (QED) is 0.548. The molecule has 0 aliphatic carbocycles. The predicted octanol–water partition coefficient (Wildman–Crippen LogP) is 4.45. The number of benzene rings is 2. The van der Waals surface area contributed by atoms with Crippen LogP contribution in [0.4, 0.5) is 0 Å². The third-order valence-corrected chi connectivity index (χ3v) is 3.39. The van der Waals surface area contributed by atoms with Gasteiger partial charge in [-0.1, -0.05) is 48.5 Å². The van der Waals surface area contributed by atoms with Crippen molar-refractivity contribution in [2.24, 2.45) is 0 Å². The van der Waals surface area contributed by atoms with Crippen molar-refractivity contribution in [3.63, 3.8) is 0 Å². The monoisotopic (exact) mass is 261 g/mol. The van der Waals surface area contributed by atoms with E-state index in [1.165, 1.54) is 0 Å². The van der Waals surface area contributed by atoms with E-state index in [-0.39, 0.29) is 5.78 Å². The highest BCUT2D eigenvalue weighted by Crippen LogP contribution is 2.21. The molecule has 0 spiro atoms. The number of para-hydroxylation sites is 1. The number of carbonyl (C=O) groups excluding carboxylic acids is 1. The number of nitrogens with one attached hydrogen (secondary N) is 1. The van der Waals surface area contributed by atoms with E-state index in [1.54, 1.807) is 0 Å². The number of aromatic amines is 1. The summed E-state index contributed by atoms with van der Waals surface area (Å²) in [4.78, 5) is 15.5. The fourth-order valence-corrected chi connectivity index (χ4v) is 2.33. The largest absolute Gasteiger partial charge is 0.361 e. The third-order valence-electron chi connectivity index (χ3n) is 3.39. The fourth-order valence-electron chi connectivity index (χ4n) is 2.33. The molecule has 0 saturated carbocycles. The minimum Gasteiger partial charge on any atom is -0.361 e. The number of hydrogen-bond acceptors (Lipinski definition) is 1. The van der Waals surface area contributed by atoms with Crippen molar-refractivity contribution < 1.29 is 4.79 Å². The minimum absolute atomic E-state index is 0.0656. The van der Waals surface area contributed by atoms with Gasteiger partial charge in [0.2, 0.25) is 0 Å². The second kappa shape index (κ2) is 5.17. The number of aromatic nitrogens is 1. The highest BCUT2D eigenvalue weighted by molar-refractivity contribution is 6.11. The summed E-state index contributed by atoms with van der Waals surface area (Å²) in [5.41, 5.74) is 3.59. The predicted molar refractivity (Wildman–Crippen MR) is 82.7 cm³/mol. The van der Waals surface area contributed by atoms with Gasteiger partial charge in [0, 0.05) is 28.2 Å². The van der Waals surface area contributed by atoms with Crippen LogP contribution in [0.3, 0.4) is 0 Å². The number of carbonyl (C=O) groups is 1. The molecule has 2 heteroatoms. The molecule has 2 nitrogen and oxygen atoms in total. The molecule has 1 aromatic heterocycles. The fraction of sp³-hybridized carbons (Fsp3) is 0.0556. The number of hydrogen-bond donors (Lipinski definition) is 1. The molecule has 0 aliphatic rings. The summed E-state index contributed by atoms with van der Waals surface area (Å²) in [5.74, 6) is 0.0656. The maximum Gasteiger partial charge on any atom is 0.188 e. The van der Waals surface area contributed by atoms with Gasteiger partial charge in [0.05, 0.1) is 0 Å². The third kappa shape index (κ3) is 2.28. The number of rotatable bonds is 3. The Labute approximate surface area is 117 Å². The molecule has 1 N–H and O–H groups in total. The average Bonchev–Trinajstić information content (AvgIpc) is 2.91. The van der Waals surface area contributed by atoms with Crippen LogP contribution >= 0.6 is 0 Å². The maximum absolute atomic E-state index is 12.3. The molecule has 20 heavy (non-hydrogen) atoms. The van der Waals surface area contributed by atoms with E-state index in [2.05, 4.69) is 11.1 Å². The molecule has 0 unspecified atom stereocenters. The smallest absolute Gasteiger partial charge is 0.188 e. The van der Waals surface area contributed by atoms with Crippen molar-refractivity contribution in [3.05, 3.63) is 77.5 Å². The van der Waals surface area contributed by atoms with E-state index in [9.17, 15) is 4.79 Å². The van der Waals surface area contributed by atoms with E-state index < -0.39 is 0 Å². The molecule has 0 amide bonds. The number of fused-ring (bicyclic) bond motifs is 1. The molecular weight excluding hydrogens is 246 g/mol. The average molecular weight is 261 g/mol. The highest BCUT2D eigenvalue weighted by atomic mass is 16.1. The summed E-state index contributed by atoms with van der Waals surface area (Å²) in [6.45, 7) is 1.86. The molecule has 0 saturated heterocycles. The van der Waals surface area contributed by atoms with Crippen LogP contribution < -0.4 is 0 Å². The second-order valence-electron chi connectivity index (χ2n) is 4.81. The molecule has 98 valence electrons. The van der Waals surface area contributed by atoms with Gasteiger partial charge in [-0.2, -0.15) is 0 Å². The molecule has 3 aromatic rings. The van der Waals surface area contributed by atoms with Gasteiger partial charge in [0.1, 0.15) is 0 Å². The Morgan fingerprint density at radius 3 is 2.50 bits per heavy atom. The van der Waals surface area contributed by atoms with E-state index >= 15 is 0 Å². The minimum atomic E-state index is 0.0656. The molecule has 2 aromatic carbocycles. The van der Waals surface area contributed by atoms with E-state index in [0.29, 0.717) is 0 Å². The van der Waals surface area contributed by atoms with Gasteiger partial charge in [-0.15, -0.1) is 0 Å². The van der Waals surface area contributed by atoms with Crippen LogP contribution in [0, 0.1) is 0 Å². The van der Waals surface area contributed by atoms with Crippen LogP contribution in [-0.2, 0) is 0 Å². The van der Waals surface area contributed by atoms with Gasteiger partial charge in [-0.3, -0.25) is 4.79 Å². The van der Waals surface area contributed by atoms with Crippen LogP contribution in [0.15, 0.2) is 66.4 Å². The number of ketones is 1. The van der Waals surface area contributed by atoms with Gasteiger partial charge in [-0.05, 0) is 24.6 Å². The summed E-state index contributed by atoms with van der Waals surface area (Å²) in [7, 11) is 0. The zero-order valence-corrected chi connectivity index (χ0v) is 11.3. The Hall–Kier alpha value is -2.61. The maximum atomic E-state index is 12.3. The number of H-pyrrole nitrogens is 1. The number of Topliss-reactive ketones (excluding diaryl/α,β-unsaturated/α-hetero) is 1. The van der Waals surface area contributed by atoms with Crippen molar-refractivity contribution in [3.8, 4) is 0 Å². The molecule has 0 bridgehead atoms. The highest BCUT2D eigenvalue weighted by Gasteiger charge is 2.08. The zero-order chi connectivity index (χ0) is 13.9. The summed E-state index contributed by atoms with van der Waals surface area (Å²) in [6.07, 6.45) is 3.88. The van der Waals surface area contributed by atoms with Crippen LogP contribution in [0.5, 0.6) is 0 Å². The Morgan fingerprint density at radius 1 is 1.00 bits per heavy atom. The summed E-state index contributed by atoms with van der Waals surface area (Å²) >= 11 is 0. The molecule has 0 aliphatic heterocycles. The first-order chi connectivity index (χ1) is 9.75. The normalized spacial score (nSPS) is 11.8. The first-order valence-corrected chi connectivity index (χ1v) is 6.60. The Bertz CT molecular complexity index is 781. The lowest BCUT2D eigenvalue weighted by Crippen LogP contribution is -1.99. The van der Waals surface area contributed by atoms with Crippen molar-refractivity contribution in [2.75, 3.05) is 0 Å². The summed E-state index contributed by atoms with van der Waals surface area (Å²) in [6, 6.07) is 17.4. The lowest BCUT2D eigenvalue weighted by molar-refractivity contribution is 0.103. The van der Waals surface area contributed by atoms with Gasteiger partial charge in [-0.25, -0.2) is 0 Å². The van der Waals surface area contributed by atoms with Crippen molar-refractivity contribution in [1.82, 2.24) is 4.98 Å². The van der Waals surface area contributed by atoms with Crippen molar-refractivity contribution in [1.29, 1.82) is 0 Å². The first-order valence-electron chi connectivity index (χ1n) is 6.60. The lowest BCUT2D eigenvalue weighted by atomic mass is 10.0. The van der Waals surface area contributed by atoms with Gasteiger partial charge in [0.15, 0.2) is 5.78 Å². The van der Waals surface area contributed by atoms with E-state index in [0.717, 1.165) is 27.6 Å². The summed E-state index contributed by atoms with van der Waals surface area (Å²) < 4.78 is 0. The van der Waals surface area contributed by atoms with Gasteiger partial charge >= 0.3 is 0 Å². The SMILES string of the molecule is CC(=Cc1c[nH]c2ccccc12)C(=O)c1ccccc1. The Morgan fingerprint density at radius 2 is 1.70 bits per heavy atom. The molecule has 0 radical (unpaired) electrons. The van der Waals surface area contributed by atoms with E-state index in [1.807, 2.05) is 67.7 Å². The zero-order valence-electron chi connectivity index (χ0n) is 11.3. The molecule has 0 fully saturated rings. The molecule has 3 rings (SSSR count). The molecule has 0 atom stereocenters. The molecule has 1 heterocycles.